The second-order valence-electron chi connectivity index (χ2n) is 17.7. The molecule has 0 spiro atoms. The molecule has 380 valence electrons. The predicted molar refractivity (Wildman–Crippen MR) is 265 cm³/mol. The minimum Gasteiger partial charge on any atom is -0.493 e. The number of ether oxygens (including phenoxy) is 2. The van der Waals surface area contributed by atoms with E-state index in [0.29, 0.717) is 63.3 Å². The fourth-order valence-electron chi connectivity index (χ4n) is 9.25. The highest BCUT2D eigenvalue weighted by Crippen LogP contribution is 2.37. The molecule has 6 aromatic rings. The molecule has 0 amide bonds. The average Bonchev–Trinajstić information content (AvgIpc) is 3.84. The molecule has 71 heavy (non-hydrogen) atoms. The maximum Gasteiger partial charge on any atom is 0.299 e. The monoisotopic (exact) mass is 1020 g/mol. The molecule has 8 rings (SSSR count). The number of aromatic nitrogens is 8. The Morgan fingerprint density at radius 2 is 0.915 bits per heavy atom. The van der Waals surface area contributed by atoms with Crippen LogP contribution in [0.3, 0.4) is 0 Å². The highest BCUT2D eigenvalue weighted by atomic mass is 32.2. The number of carbonyl (C=O) groups excluding carboxylic acids is 2. The van der Waals surface area contributed by atoms with Crippen molar-refractivity contribution in [3.8, 4) is 34.3 Å². The zero-order valence-corrected chi connectivity index (χ0v) is 43.0. The van der Waals surface area contributed by atoms with Gasteiger partial charge in [0.1, 0.15) is 29.0 Å². The fraction of sp³-hybridized carbons (Fsp3) is 0.489. The van der Waals surface area contributed by atoms with Gasteiger partial charge in [0, 0.05) is 66.5 Å². The van der Waals surface area contributed by atoms with Crippen molar-refractivity contribution in [2.45, 2.75) is 69.6 Å². The van der Waals surface area contributed by atoms with Gasteiger partial charge >= 0.3 is 0 Å². The Labute approximate surface area is 411 Å². The van der Waals surface area contributed by atoms with E-state index in [2.05, 4.69) is 20.2 Å². The number of fused-ring (bicyclic) bond motifs is 2. The number of aryl methyl sites for hydroxylation is 4. The molecule has 0 unspecified atom stereocenters. The lowest BCUT2D eigenvalue weighted by atomic mass is 10.1. The van der Waals surface area contributed by atoms with Gasteiger partial charge in [-0.3, -0.25) is 37.7 Å². The minimum absolute atomic E-state index is 0.00141. The number of benzene rings is 2. The van der Waals surface area contributed by atoms with Crippen molar-refractivity contribution in [1.29, 1.82) is 0 Å². The van der Waals surface area contributed by atoms with Crippen LogP contribution >= 0.6 is 0 Å². The fourth-order valence-corrected chi connectivity index (χ4v) is 12.1. The Hall–Kier alpha value is -6.18. The SMILES string of the molecule is CCCc1nn(C)c2c(=O)nc(-c3cc(S(=O)(=O)N4CCN(C)CC4)ccc3OCC)n(C(=O)CC(=O)n3c(-c4cc(S(=O)(=O)N5CCN(C)CC5)ccc4OCC)nc(=O)c4c3c(CCC)nn4C)c12. The number of nitrogens with zero attached hydrogens (tertiary/aromatic N) is 12. The summed E-state index contributed by atoms with van der Waals surface area (Å²) in [5, 5.41) is 9.24. The van der Waals surface area contributed by atoms with Crippen molar-refractivity contribution in [1.82, 2.24) is 57.1 Å². The van der Waals surface area contributed by atoms with E-state index in [-0.39, 0.29) is 106 Å². The first-order chi connectivity index (χ1) is 33.8. The molecule has 0 saturated carbocycles. The molecule has 0 atom stereocenters. The second-order valence-corrected chi connectivity index (χ2v) is 21.6. The Morgan fingerprint density at radius 1 is 0.549 bits per heavy atom. The molecule has 22 nitrogen and oxygen atoms in total. The van der Waals surface area contributed by atoms with E-state index in [1.165, 1.54) is 54.4 Å². The van der Waals surface area contributed by atoms with E-state index in [1.807, 2.05) is 37.7 Å². The first kappa shape index (κ1) is 51.2. The predicted octanol–water partition coefficient (Wildman–Crippen LogP) is 2.85. The second kappa shape index (κ2) is 20.5. The van der Waals surface area contributed by atoms with Gasteiger partial charge in [0.2, 0.25) is 31.9 Å². The zero-order chi connectivity index (χ0) is 51.1. The van der Waals surface area contributed by atoms with Gasteiger partial charge in [-0.05, 0) is 77.2 Å². The Balaban J connectivity index is 1.36. The van der Waals surface area contributed by atoms with Crippen LogP contribution in [-0.4, -0.2) is 165 Å². The summed E-state index contributed by atoms with van der Waals surface area (Å²) in [6, 6.07) is 8.36. The number of piperazine rings is 2. The summed E-state index contributed by atoms with van der Waals surface area (Å²) in [5.74, 6) is -2.15. The van der Waals surface area contributed by atoms with Gasteiger partial charge in [-0.15, -0.1) is 0 Å². The third kappa shape index (κ3) is 9.55. The van der Waals surface area contributed by atoms with E-state index in [4.69, 9.17) is 9.47 Å². The maximum absolute atomic E-state index is 15.5. The number of likely N-dealkylation sites (N-methyl/N-ethyl adjacent to an activating group) is 2. The lowest BCUT2D eigenvalue weighted by Gasteiger charge is -2.31. The largest absolute Gasteiger partial charge is 0.493 e. The van der Waals surface area contributed by atoms with Gasteiger partial charge in [-0.25, -0.2) is 16.8 Å². The quantitative estimate of drug-likeness (QED) is 0.127. The van der Waals surface area contributed by atoms with Crippen LogP contribution in [0.2, 0.25) is 0 Å². The standard InChI is InChI=1S/C47H60N12O10S2/c1-9-13-34-40-42(54(7)50-34)46(62)48-44(32-27-30(15-17-36(32)68-11-3)70(64,65)56-23-19-52(5)20-24-56)58(40)38(60)29-39(61)59-41-35(14-10-2)51-55(8)43(41)47(63)49-45(59)33-28-31(16-18-37(33)69-12-4)71(66,67)57-25-21-53(6)22-26-57/h15-18,27-28H,9-14,19-26,29H2,1-8H3. The van der Waals surface area contributed by atoms with Gasteiger partial charge in [0.15, 0.2) is 22.7 Å². The van der Waals surface area contributed by atoms with Crippen molar-refractivity contribution >= 4 is 53.9 Å². The summed E-state index contributed by atoms with van der Waals surface area (Å²) in [5.41, 5.74) is -0.794. The summed E-state index contributed by atoms with van der Waals surface area (Å²) >= 11 is 0. The van der Waals surface area contributed by atoms with Crippen LogP contribution in [0.4, 0.5) is 0 Å². The minimum atomic E-state index is -4.11. The lowest BCUT2D eigenvalue weighted by Crippen LogP contribution is -2.47. The van der Waals surface area contributed by atoms with Crippen LogP contribution in [0.1, 0.15) is 67.9 Å². The smallest absolute Gasteiger partial charge is 0.299 e. The van der Waals surface area contributed by atoms with Gasteiger partial charge < -0.3 is 19.3 Å². The molecule has 2 aliphatic rings. The highest BCUT2D eigenvalue weighted by molar-refractivity contribution is 7.89. The summed E-state index contributed by atoms with van der Waals surface area (Å²) in [6.07, 6.45) is 0.745. The van der Waals surface area contributed by atoms with Crippen molar-refractivity contribution in [2.24, 2.45) is 14.1 Å². The number of carbonyl (C=O) groups is 2. The molecule has 0 radical (unpaired) electrons. The van der Waals surface area contributed by atoms with Gasteiger partial charge in [0.25, 0.3) is 11.1 Å². The van der Waals surface area contributed by atoms with E-state index in [1.54, 1.807) is 27.9 Å². The Bertz CT molecular complexity index is 3180. The molecule has 0 aliphatic carbocycles. The van der Waals surface area contributed by atoms with Crippen LogP contribution in [0.5, 0.6) is 11.5 Å². The van der Waals surface area contributed by atoms with E-state index in [0.717, 1.165) is 9.13 Å². The summed E-state index contributed by atoms with van der Waals surface area (Å²) in [4.78, 5) is 72.1. The molecule has 2 aromatic carbocycles. The Morgan fingerprint density at radius 3 is 1.25 bits per heavy atom. The van der Waals surface area contributed by atoms with Crippen LogP contribution in [0.15, 0.2) is 55.8 Å². The molecule has 2 saturated heterocycles. The normalized spacial score (nSPS) is 15.8. The van der Waals surface area contributed by atoms with E-state index in [9.17, 15) is 26.4 Å². The lowest BCUT2D eigenvalue weighted by molar-refractivity contribution is 0.0809. The van der Waals surface area contributed by atoms with Crippen LogP contribution in [-0.2, 0) is 47.0 Å². The van der Waals surface area contributed by atoms with Crippen LogP contribution < -0.4 is 20.6 Å². The Kier molecular flexibility index (Phi) is 14.8. The first-order valence-electron chi connectivity index (χ1n) is 23.8. The number of sulfonamides is 2. The molecule has 24 heteroatoms. The van der Waals surface area contributed by atoms with Gasteiger partial charge in [-0.2, -0.15) is 28.8 Å². The summed E-state index contributed by atoms with van der Waals surface area (Å²) in [7, 11) is -1.32. The molecular weight excluding hydrogens is 957 g/mol. The molecule has 0 N–H and O–H groups in total. The van der Waals surface area contributed by atoms with E-state index >= 15 is 9.59 Å². The van der Waals surface area contributed by atoms with Crippen LogP contribution in [0.25, 0.3) is 44.8 Å². The molecular formula is C47H60N12O10S2. The maximum atomic E-state index is 15.5. The number of hydrogen-bond acceptors (Lipinski definition) is 16. The topological polar surface area (TPSA) is 239 Å². The average molecular weight is 1020 g/mol. The summed E-state index contributed by atoms with van der Waals surface area (Å²) in [6.45, 7) is 10.5. The molecule has 4 aromatic heterocycles. The summed E-state index contributed by atoms with van der Waals surface area (Å²) < 4.78 is 76.7. The first-order valence-corrected chi connectivity index (χ1v) is 26.7. The molecule has 0 bridgehead atoms. The third-order valence-electron chi connectivity index (χ3n) is 12.8. The van der Waals surface area contributed by atoms with Gasteiger partial charge in [0.05, 0.1) is 45.5 Å². The number of hydrogen-bond donors (Lipinski definition) is 0. The van der Waals surface area contributed by atoms with E-state index < -0.39 is 49.4 Å². The van der Waals surface area contributed by atoms with Crippen LogP contribution in [0, 0.1) is 0 Å². The highest BCUT2D eigenvalue weighted by Gasteiger charge is 2.34. The van der Waals surface area contributed by atoms with Crippen molar-refractivity contribution < 1.29 is 35.9 Å². The number of rotatable bonds is 16. The zero-order valence-electron chi connectivity index (χ0n) is 41.3. The van der Waals surface area contributed by atoms with Gasteiger partial charge in [-0.1, -0.05) is 26.7 Å². The van der Waals surface area contributed by atoms with Crippen molar-refractivity contribution in [3.63, 3.8) is 0 Å². The molecule has 2 aliphatic heterocycles. The third-order valence-corrected chi connectivity index (χ3v) is 16.6. The molecule has 2 fully saturated rings. The van der Waals surface area contributed by atoms with Crippen molar-refractivity contribution in [2.75, 3.05) is 79.7 Å². The molecule has 6 heterocycles. The van der Waals surface area contributed by atoms with Crippen molar-refractivity contribution in [3.05, 3.63) is 68.5 Å².